The lowest BCUT2D eigenvalue weighted by molar-refractivity contribution is 0.258. The molecule has 0 amide bonds. The van der Waals surface area contributed by atoms with Gasteiger partial charge in [-0.2, -0.15) is 0 Å². The van der Waals surface area contributed by atoms with E-state index in [0.29, 0.717) is 5.92 Å². The summed E-state index contributed by atoms with van der Waals surface area (Å²) in [5.74, 6) is 1.62. The van der Waals surface area contributed by atoms with Crippen LogP contribution in [0.1, 0.15) is 42.1 Å². The normalized spacial score (nSPS) is 20.9. The van der Waals surface area contributed by atoms with Crippen molar-refractivity contribution in [3.05, 3.63) is 47.5 Å². The van der Waals surface area contributed by atoms with E-state index in [-0.39, 0.29) is 0 Å². The van der Waals surface area contributed by atoms with Crippen molar-refractivity contribution in [2.45, 2.75) is 44.6 Å². The van der Waals surface area contributed by atoms with Crippen LogP contribution in [0.25, 0.3) is 0 Å². The second-order valence-corrected chi connectivity index (χ2v) is 5.87. The Bertz CT molecular complexity index is 617. The number of hydrogen-bond acceptors (Lipinski definition) is 2. The Hall–Kier alpha value is -1.77. The molecule has 2 aromatic rings. The molecule has 0 spiro atoms. The molecule has 20 heavy (non-hydrogen) atoms. The van der Waals surface area contributed by atoms with Crippen molar-refractivity contribution < 1.29 is 4.74 Å². The lowest BCUT2D eigenvalue weighted by atomic mass is 9.92. The standard InChI is InChI=1S/C17H20N2O/c1-4-8-17-14(5-1)13(9-10-20-17)11-19-12-18-15-6-2-3-7-16(15)19/h1,4-5,8,12-13H,2-3,6-7,9-11H2. The summed E-state index contributed by atoms with van der Waals surface area (Å²) in [6, 6.07) is 8.47. The van der Waals surface area contributed by atoms with Crippen LogP contribution in [0.2, 0.25) is 0 Å². The minimum atomic E-state index is 0.556. The highest BCUT2D eigenvalue weighted by molar-refractivity contribution is 5.37. The van der Waals surface area contributed by atoms with Gasteiger partial charge in [-0.1, -0.05) is 18.2 Å². The van der Waals surface area contributed by atoms with E-state index >= 15 is 0 Å². The largest absolute Gasteiger partial charge is 0.493 e. The van der Waals surface area contributed by atoms with Crippen molar-refractivity contribution in [1.82, 2.24) is 9.55 Å². The number of nitrogens with zero attached hydrogens (tertiary/aromatic N) is 2. The molecule has 0 saturated heterocycles. The zero-order valence-electron chi connectivity index (χ0n) is 11.7. The zero-order valence-corrected chi connectivity index (χ0v) is 11.7. The van der Waals surface area contributed by atoms with E-state index in [4.69, 9.17) is 4.74 Å². The summed E-state index contributed by atoms with van der Waals surface area (Å²) in [6.07, 6.45) is 8.11. The number of hydrogen-bond donors (Lipinski definition) is 0. The molecule has 0 radical (unpaired) electrons. The van der Waals surface area contributed by atoms with Gasteiger partial charge < -0.3 is 9.30 Å². The van der Waals surface area contributed by atoms with Gasteiger partial charge in [-0.3, -0.25) is 0 Å². The fraction of sp³-hybridized carbons (Fsp3) is 0.471. The van der Waals surface area contributed by atoms with E-state index < -0.39 is 0 Å². The van der Waals surface area contributed by atoms with Crippen molar-refractivity contribution in [1.29, 1.82) is 0 Å². The summed E-state index contributed by atoms with van der Waals surface area (Å²) in [5.41, 5.74) is 4.16. The molecular formula is C17H20N2O. The second kappa shape index (κ2) is 4.97. The van der Waals surface area contributed by atoms with Crippen LogP contribution >= 0.6 is 0 Å². The molecule has 104 valence electrons. The fourth-order valence-corrected chi connectivity index (χ4v) is 3.53. The van der Waals surface area contributed by atoms with Crippen LogP contribution in [0.3, 0.4) is 0 Å². The van der Waals surface area contributed by atoms with Crippen molar-refractivity contribution in [3.8, 4) is 5.75 Å². The number of fused-ring (bicyclic) bond motifs is 2. The first-order valence-corrected chi connectivity index (χ1v) is 7.66. The molecule has 1 aliphatic carbocycles. The van der Waals surface area contributed by atoms with E-state index in [9.17, 15) is 0 Å². The Kier molecular flexibility index (Phi) is 2.98. The minimum Gasteiger partial charge on any atom is -0.493 e. The first-order chi connectivity index (χ1) is 9.92. The summed E-state index contributed by atoms with van der Waals surface area (Å²) in [6.45, 7) is 1.88. The van der Waals surface area contributed by atoms with Crippen LogP contribution in [0, 0.1) is 0 Å². The third kappa shape index (κ3) is 2.01. The quantitative estimate of drug-likeness (QED) is 0.835. The number of ether oxygens (including phenoxy) is 1. The highest BCUT2D eigenvalue weighted by Crippen LogP contribution is 2.35. The third-order valence-corrected chi connectivity index (χ3v) is 4.61. The molecular weight excluding hydrogens is 248 g/mol. The maximum Gasteiger partial charge on any atom is 0.122 e. The van der Waals surface area contributed by atoms with E-state index in [1.165, 1.54) is 36.2 Å². The van der Waals surface area contributed by atoms with Crippen LogP contribution in [-0.2, 0) is 19.4 Å². The average Bonchev–Trinajstić information content (AvgIpc) is 2.91. The zero-order chi connectivity index (χ0) is 13.4. The molecule has 3 nitrogen and oxygen atoms in total. The Balaban J connectivity index is 1.62. The van der Waals surface area contributed by atoms with Gasteiger partial charge in [0, 0.05) is 18.2 Å². The predicted molar refractivity (Wildman–Crippen MR) is 78.2 cm³/mol. The number of aryl methyl sites for hydroxylation is 1. The third-order valence-electron chi connectivity index (χ3n) is 4.61. The Morgan fingerprint density at radius 2 is 2.10 bits per heavy atom. The average molecular weight is 268 g/mol. The van der Waals surface area contributed by atoms with E-state index in [1.54, 1.807) is 0 Å². The Morgan fingerprint density at radius 3 is 3.10 bits per heavy atom. The summed E-state index contributed by atoms with van der Waals surface area (Å²) < 4.78 is 8.15. The second-order valence-electron chi connectivity index (χ2n) is 5.87. The molecule has 4 rings (SSSR count). The first kappa shape index (κ1) is 12.0. The van der Waals surface area contributed by atoms with Gasteiger partial charge in [-0.15, -0.1) is 0 Å². The molecule has 1 atom stereocenters. The predicted octanol–water partition coefficient (Wildman–Crippen LogP) is 3.33. The van der Waals surface area contributed by atoms with Gasteiger partial charge in [0.2, 0.25) is 0 Å². The molecule has 0 fully saturated rings. The van der Waals surface area contributed by atoms with Gasteiger partial charge in [0.05, 0.1) is 18.6 Å². The molecule has 1 aromatic heterocycles. The summed E-state index contributed by atoms with van der Waals surface area (Å²) in [4.78, 5) is 4.61. The van der Waals surface area contributed by atoms with Crippen LogP contribution in [-0.4, -0.2) is 16.2 Å². The monoisotopic (exact) mass is 268 g/mol. The number of aromatic nitrogens is 2. The molecule has 1 unspecified atom stereocenters. The van der Waals surface area contributed by atoms with E-state index in [1.807, 2.05) is 6.33 Å². The fourth-order valence-electron chi connectivity index (χ4n) is 3.53. The first-order valence-electron chi connectivity index (χ1n) is 7.66. The maximum absolute atomic E-state index is 5.76. The lowest BCUT2D eigenvalue weighted by Gasteiger charge is -2.27. The van der Waals surface area contributed by atoms with Crippen LogP contribution in [0.15, 0.2) is 30.6 Å². The summed E-state index contributed by atoms with van der Waals surface area (Å²) >= 11 is 0. The van der Waals surface area contributed by atoms with Gasteiger partial charge in [0.15, 0.2) is 0 Å². The van der Waals surface area contributed by atoms with E-state index in [2.05, 4.69) is 33.8 Å². The van der Waals surface area contributed by atoms with Gasteiger partial charge in [0.25, 0.3) is 0 Å². The van der Waals surface area contributed by atoms with Crippen LogP contribution < -0.4 is 4.74 Å². The van der Waals surface area contributed by atoms with Crippen LogP contribution in [0.4, 0.5) is 0 Å². The lowest BCUT2D eigenvalue weighted by Crippen LogP contribution is -2.19. The van der Waals surface area contributed by atoms with E-state index in [0.717, 1.165) is 31.7 Å². The molecule has 2 aliphatic rings. The Morgan fingerprint density at radius 1 is 1.20 bits per heavy atom. The number of benzene rings is 1. The van der Waals surface area contributed by atoms with Gasteiger partial charge in [0.1, 0.15) is 5.75 Å². The molecule has 0 bridgehead atoms. The summed E-state index contributed by atoms with van der Waals surface area (Å²) in [7, 11) is 0. The molecule has 3 heteroatoms. The highest BCUT2D eigenvalue weighted by atomic mass is 16.5. The summed E-state index contributed by atoms with van der Waals surface area (Å²) in [5, 5.41) is 0. The smallest absolute Gasteiger partial charge is 0.122 e. The van der Waals surface area contributed by atoms with Crippen molar-refractivity contribution in [2.24, 2.45) is 0 Å². The molecule has 2 heterocycles. The number of para-hydroxylation sites is 1. The topological polar surface area (TPSA) is 27.1 Å². The SMILES string of the molecule is c1ccc2c(c1)OCCC2Cn1cnc2c1CCCC2. The molecule has 0 N–H and O–H groups in total. The Labute approximate surface area is 119 Å². The van der Waals surface area contributed by atoms with Gasteiger partial charge in [-0.05, 0) is 43.7 Å². The molecule has 1 aromatic carbocycles. The maximum atomic E-state index is 5.76. The van der Waals surface area contributed by atoms with Crippen molar-refractivity contribution >= 4 is 0 Å². The van der Waals surface area contributed by atoms with Gasteiger partial charge >= 0.3 is 0 Å². The van der Waals surface area contributed by atoms with Gasteiger partial charge in [-0.25, -0.2) is 4.98 Å². The number of rotatable bonds is 2. The van der Waals surface area contributed by atoms with Crippen molar-refractivity contribution in [2.75, 3.05) is 6.61 Å². The molecule has 0 saturated carbocycles. The number of imidazole rings is 1. The van der Waals surface area contributed by atoms with Crippen molar-refractivity contribution in [3.63, 3.8) is 0 Å². The highest BCUT2D eigenvalue weighted by Gasteiger charge is 2.23. The molecule has 1 aliphatic heterocycles. The van der Waals surface area contributed by atoms with Crippen LogP contribution in [0.5, 0.6) is 5.75 Å². The minimum absolute atomic E-state index is 0.556.